The monoisotopic (exact) mass is 395 g/mol. The number of amides is 1. The van der Waals surface area contributed by atoms with Gasteiger partial charge in [-0.1, -0.05) is 33.4 Å². The van der Waals surface area contributed by atoms with Crippen molar-refractivity contribution in [3.05, 3.63) is 18.2 Å². The molecule has 1 aliphatic rings. The van der Waals surface area contributed by atoms with Gasteiger partial charge >= 0.3 is 11.7 Å². The first kappa shape index (κ1) is 22.9. The van der Waals surface area contributed by atoms with E-state index in [1.165, 1.54) is 6.08 Å². The van der Waals surface area contributed by atoms with Gasteiger partial charge in [0, 0.05) is 6.42 Å². The zero-order chi connectivity index (χ0) is 21.0. The van der Waals surface area contributed by atoms with Crippen molar-refractivity contribution < 1.29 is 28.3 Å². The molecule has 0 radical (unpaired) electrons. The molecule has 1 rings (SSSR count). The molecular formula is C18H29N3O5Si. The molecule has 0 aromatic rings. The van der Waals surface area contributed by atoms with E-state index >= 15 is 0 Å². The Morgan fingerprint density at radius 2 is 1.93 bits per heavy atom. The Bertz CT molecular complexity index is 679. The molecule has 1 amide bonds. The normalized spacial score (nSPS) is 21.4. The van der Waals surface area contributed by atoms with Crippen LogP contribution in [0.15, 0.2) is 12.7 Å². The fourth-order valence-electron chi connectivity index (χ4n) is 3.16. The van der Waals surface area contributed by atoms with E-state index in [9.17, 15) is 14.4 Å². The van der Waals surface area contributed by atoms with Crippen LogP contribution in [0.2, 0.25) is 13.1 Å². The van der Waals surface area contributed by atoms with E-state index in [2.05, 4.69) is 16.7 Å². The van der Waals surface area contributed by atoms with Gasteiger partial charge in [0.2, 0.25) is 5.91 Å². The summed E-state index contributed by atoms with van der Waals surface area (Å²) >= 11 is 0. The Hall–Kier alpha value is -2.09. The quantitative estimate of drug-likeness (QED) is 0.0921. The van der Waals surface area contributed by atoms with Crippen molar-refractivity contribution in [1.82, 2.24) is 5.32 Å². The number of Topliss-reactive ketones (excluding diaryl/α,β-unsaturated/α-hetero) is 1. The van der Waals surface area contributed by atoms with E-state index in [0.717, 1.165) is 0 Å². The van der Waals surface area contributed by atoms with Gasteiger partial charge in [0.15, 0.2) is 9.04 Å². The number of carbonyl (C=O) groups excluding carboxylic acids is 3. The molecule has 1 fully saturated rings. The van der Waals surface area contributed by atoms with Crippen molar-refractivity contribution in [3.63, 3.8) is 0 Å². The Kier molecular flexibility index (Phi) is 7.42. The molecule has 9 heteroatoms. The van der Waals surface area contributed by atoms with Crippen LogP contribution in [0.25, 0.3) is 5.53 Å². The van der Waals surface area contributed by atoms with Crippen LogP contribution >= 0.6 is 0 Å². The Morgan fingerprint density at radius 1 is 1.33 bits per heavy atom. The van der Waals surface area contributed by atoms with E-state index in [4.69, 9.17) is 14.7 Å². The predicted molar refractivity (Wildman–Crippen MR) is 103 cm³/mol. The van der Waals surface area contributed by atoms with Gasteiger partial charge in [0.1, 0.15) is 6.61 Å². The largest absolute Gasteiger partial charge is 0.453 e. The molecule has 0 unspecified atom stereocenters. The summed E-state index contributed by atoms with van der Waals surface area (Å²) in [5, 5.41) is 2.71. The number of ketones is 1. The highest BCUT2D eigenvalue weighted by molar-refractivity contribution is 6.62. The summed E-state index contributed by atoms with van der Waals surface area (Å²) in [4.78, 5) is 39.4. The number of hydrogen-bond donors (Lipinski definition) is 1. The van der Waals surface area contributed by atoms with Crippen molar-refractivity contribution >= 4 is 32.4 Å². The second kappa shape index (κ2) is 8.73. The molecule has 0 saturated carbocycles. The van der Waals surface area contributed by atoms with Crippen LogP contribution in [-0.2, 0) is 23.5 Å². The van der Waals surface area contributed by atoms with E-state index < -0.39 is 44.1 Å². The van der Waals surface area contributed by atoms with Crippen LogP contribution in [0.4, 0.5) is 0 Å². The number of carbonyl (C=O) groups is 3. The summed E-state index contributed by atoms with van der Waals surface area (Å²) in [7, 11) is -1.49. The topological polar surface area (TPSA) is 118 Å². The number of esters is 1. The first-order chi connectivity index (χ1) is 12.4. The lowest BCUT2D eigenvalue weighted by molar-refractivity contribution is -0.160. The van der Waals surface area contributed by atoms with Crippen molar-refractivity contribution in [2.45, 2.75) is 58.9 Å². The summed E-state index contributed by atoms with van der Waals surface area (Å²) < 4.78 is 11.0. The second-order valence-electron chi connectivity index (χ2n) is 8.08. The van der Waals surface area contributed by atoms with Crippen molar-refractivity contribution in [2.75, 3.05) is 6.61 Å². The van der Waals surface area contributed by atoms with Gasteiger partial charge in [0.05, 0.1) is 17.6 Å². The van der Waals surface area contributed by atoms with Gasteiger partial charge in [-0.25, -0.2) is 4.79 Å². The van der Waals surface area contributed by atoms with Crippen molar-refractivity contribution in [2.24, 2.45) is 11.3 Å². The summed E-state index contributed by atoms with van der Waals surface area (Å²) in [6, 6.07) is -0.522. The lowest BCUT2D eigenvalue weighted by Gasteiger charge is -2.54. The van der Waals surface area contributed by atoms with Gasteiger partial charge in [0.25, 0.3) is 5.78 Å². The Labute approximate surface area is 161 Å². The molecule has 0 aliphatic carbocycles. The zero-order valence-electron chi connectivity index (χ0n) is 16.9. The molecule has 27 heavy (non-hydrogen) atoms. The van der Waals surface area contributed by atoms with Crippen LogP contribution in [0.1, 0.15) is 34.1 Å². The molecule has 3 atom stereocenters. The number of hydrogen-bond acceptors (Lipinski definition) is 5. The average molecular weight is 396 g/mol. The molecule has 1 saturated heterocycles. The van der Waals surface area contributed by atoms with E-state index in [1.54, 1.807) is 0 Å². The Morgan fingerprint density at radius 3 is 2.33 bits per heavy atom. The highest BCUT2D eigenvalue weighted by atomic mass is 28.3. The van der Waals surface area contributed by atoms with Gasteiger partial charge in [-0.2, -0.15) is 4.79 Å². The molecule has 1 heterocycles. The SMILES string of the molecule is C=CCOC(=O)C(=[N+]=[N-])C(=O)C[C@H]1NC(=O)[C@@H]1[C@@](C)(O[SiH](C)C)C(C)(C)C. The maximum absolute atomic E-state index is 12.4. The maximum atomic E-state index is 12.4. The smallest absolute Gasteiger partial charge is 0.441 e. The number of nitrogens with zero attached hydrogens (tertiary/aromatic N) is 2. The molecule has 0 spiro atoms. The molecule has 0 bridgehead atoms. The van der Waals surface area contributed by atoms with Crippen molar-refractivity contribution in [3.8, 4) is 0 Å². The molecule has 1 aliphatic heterocycles. The molecule has 150 valence electrons. The van der Waals surface area contributed by atoms with Crippen LogP contribution in [-0.4, -0.2) is 55.5 Å². The first-order valence-electron chi connectivity index (χ1n) is 8.90. The van der Waals surface area contributed by atoms with Gasteiger partial charge in [-0.3, -0.25) is 9.59 Å². The van der Waals surface area contributed by atoms with Crippen LogP contribution in [0, 0.1) is 11.3 Å². The third-order valence-electron chi connectivity index (χ3n) is 4.87. The zero-order valence-corrected chi connectivity index (χ0v) is 18.0. The lowest BCUT2D eigenvalue weighted by Crippen LogP contribution is -2.71. The van der Waals surface area contributed by atoms with E-state index in [1.807, 2.05) is 40.8 Å². The third kappa shape index (κ3) is 5.00. The third-order valence-corrected chi connectivity index (χ3v) is 5.83. The van der Waals surface area contributed by atoms with Crippen molar-refractivity contribution in [1.29, 1.82) is 0 Å². The van der Waals surface area contributed by atoms with E-state index in [0.29, 0.717) is 0 Å². The molecule has 0 aromatic carbocycles. The molecule has 1 N–H and O–H groups in total. The van der Waals surface area contributed by atoms with Gasteiger partial charge in [-0.05, 0) is 25.4 Å². The number of ether oxygens (including phenoxy) is 1. The van der Waals surface area contributed by atoms with Crippen LogP contribution in [0.5, 0.6) is 0 Å². The van der Waals surface area contributed by atoms with Gasteiger partial charge < -0.3 is 20.0 Å². The highest BCUT2D eigenvalue weighted by Gasteiger charge is 2.58. The second-order valence-corrected chi connectivity index (χ2v) is 10.4. The number of nitrogens with one attached hydrogen (secondary N) is 1. The van der Waals surface area contributed by atoms with Crippen LogP contribution < -0.4 is 5.32 Å². The summed E-state index contributed by atoms with van der Waals surface area (Å²) in [5.41, 5.74) is 7.20. The minimum Gasteiger partial charge on any atom is -0.453 e. The van der Waals surface area contributed by atoms with Crippen LogP contribution in [0.3, 0.4) is 0 Å². The minimum atomic E-state index is -1.49. The summed E-state index contributed by atoms with van der Waals surface area (Å²) in [6.45, 7) is 15.2. The minimum absolute atomic E-state index is 0.108. The summed E-state index contributed by atoms with van der Waals surface area (Å²) in [6.07, 6.45) is 1.15. The molecule has 8 nitrogen and oxygen atoms in total. The standard InChI is InChI=1S/C18H29N3O5Si/c1-8-9-25-16(24)14(21-19)12(22)10-11-13(15(23)20-11)18(5,17(2,3)4)26-27(6)7/h8,11,13,27H,1,9-10H2,2-7H3,(H,20,23)/t11-,13-,18-/m1/s1. The highest BCUT2D eigenvalue weighted by Crippen LogP contribution is 2.45. The lowest BCUT2D eigenvalue weighted by atomic mass is 9.63. The average Bonchev–Trinajstić information content (AvgIpc) is 2.50. The maximum Gasteiger partial charge on any atom is 0.441 e. The fourth-order valence-corrected chi connectivity index (χ4v) is 4.64. The van der Waals surface area contributed by atoms with Gasteiger partial charge in [-0.15, -0.1) is 0 Å². The number of β-lactam (4-membered cyclic amide) rings is 1. The molecule has 0 aromatic heterocycles. The summed E-state index contributed by atoms with van der Waals surface area (Å²) in [5.74, 6) is -2.49. The number of rotatable bonds is 9. The first-order valence-corrected chi connectivity index (χ1v) is 11.7. The fraction of sp³-hybridized carbons (Fsp3) is 0.667. The Balaban J connectivity index is 3.02. The van der Waals surface area contributed by atoms with E-state index in [-0.39, 0.29) is 24.3 Å². The predicted octanol–water partition coefficient (Wildman–Crippen LogP) is 1.26. The molecular weight excluding hydrogens is 366 g/mol.